The molecular weight excluding hydrogens is 350 g/mol. The second-order valence-corrected chi connectivity index (χ2v) is 6.44. The van der Waals surface area contributed by atoms with Gasteiger partial charge in [0.15, 0.2) is 5.82 Å². The van der Waals surface area contributed by atoms with Crippen molar-refractivity contribution in [3.63, 3.8) is 0 Å². The highest BCUT2D eigenvalue weighted by atomic mass is 16.5. The fraction of sp³-hybridized carbons (Fsp3) is 0.0455. The monoisotopic (exact) mass is 367 g/mol. The molecule has 6 nitrogen and oxygen atoms in total. The molecule has 28 heavy (non-hydrogen) atoms. The molecule has 0 bridgehead atoms. The van der Waals surface area contributed by atoms with Crippen molar-refractivity contribution < 1.29 is 4.74 Å². The number of methoxy groups -OCH3 is 1. The van der Waals surface area contributed by atoms with Gasteiger partial charge in [-0.15, -0.1) is 0 Å². The van der Waals surface area contributed by atoms with E-state index in [4.69, 9.17) is 14.7 Å². The summed E-state index contributed by atoms with van der Waals surface area (Å²) < 4.78 is 5.39. The summed E-state index contributed by atoms with van der Waals surface area (Å²) in [5.74, 6) is 2.16. The van der Waals surface area contributed by atoms with Crippen LogP contribution in [0.2, 0.25) is 0 Å². The van der Waals surface area contributed by atoms with Crippen molar-refractivity contribution in [3.8, 4) is 17.1 Å². The van der Waals surface area contributed by atoms with Crippen molar-refractivity contribution in [2.75, 3.05) is 12.4 Å². The Morgan fingerprint density at radius 3 is 2.68 bits per heavy atom. The predicted molar refractivity (Wildman–Crippen MR) is 111 cm³/mol. The molecule has 0 amide bonds. The van der Waals surface area contributed by atoms with Crippen LogP contribution in [-0.2, 0) is 0 Å². The molecule has 6 heteroatoms. The molecule has 0 saturated heterocycles. The molecule has 0 saturated carbocycles. The first-order valence-electron chi connectivity index (χ1n) is 8.91. The Balaban J connectivity index is 1.67. The summed E-state index contributed by atoms with van der Waals surface area (Å²) in [6.45, 7) is 0. The van der Waals surface area contributed by atoms with E-state index in [0.29, 0.717) is 5.82 Å². The molecule has 0 atom stereocenters. The number of rotatable bonds is 4. The summed E-state index contributed by atoms with van der Waals surface area (Å²) >= 11 is 0. The van der Waals surface area contributed by atoms with Crippen LogP contribution < -0.4 is 10.1 Å². The molecule has 5 aromatic rings. The summed E-state index contributed by atoms with van der Waals surface area (Å²) in [5, 5.41) is 12.4. The highest BCUT2D eigenvalue weighted by Crippen LogP contribution is 2.30. The minimum atomic E-state index is 0.671. The Hall–Kier alpha value is -3.93. The van der Waals surface area contributed by atoms with Gasteiger partial charge in [-0.1, -0.05) is 30.3 Å². The van der Waals surface area contributed by atoms with Crippen LogP contribution in [0.25, 0.3) is 33.2 Å². The van der Waals surface area contributed by atoms with Crippen molar-refractivity contribution in [3.05, 3.63) is 72.9 Å². The third-order valence-corrected chi connectivity index (χ3v) is 4.64. The molecule has 5 rings (SSSR count). The number of aromatic amines is 1. The van der Waals surface area contributed by atoms with E-state index in [-0.39, 0.29) is 0 Å². The zero-order valence-electron chi connectivity index (χ0n) is 15.2. The minimum absolute atomic E-state index is 0.671. The SMILES string of the molecule is COc1ccc2nc(-c3ccccc3)nc(Nc3ccc4[nH]ncc4c3)c2c1. The number of nitrogens with one attached hydrogen (secondary N) is 2. The van der Waals surface area contributed by atoms with Crippen LogP contribution in [0.5, 0.6) is 5.75 Å². The molecule has 2 heterocycles. The minimum Gasteiger partial charge on any atom is -0.497 e. The number of benzene rings is 3. The third-order valence-electron chi connectivity index (χ3n) is 4.64. The molecule has 3 aromatic carbocycles. The molecule has 0 aliphatic carbocycles. The fourth-order valence-corrected chi connectivity index (χ4v) is 3.20. The van der Waals surface area contributed by atoms with Crippen LogP contribution in [0.15, 0.2) is 72.9 Å². The quantitative estimate of drug-likeness (QED) is 0.471. The van der Waals surface area contributed by atoms with Gasteiger partial charge in [0.05, 0.1) is 24.3 Å². The molecule has 0 radical (unpaired) electrons. The normalized spacial score (nSPS) is 11.0. The number of hydrogen-bond donors (Lipinski definition) is 2. The molecule has 0 fully saturated rings. The van der Waals surface area contributed by atoms with E-state index in [1.807, 2.05) is 66.7 Å². The van der Waals surface area contributed by atoms with Crippen LogP contribution in [0.3, 0.4) is 0 Å². The Morgan fingerprint density at radius 1 is 0.929 bits per heavy atom. The van der Waals surface area contributed by atoms with E-state index in [2.05, 4.69) is 15.5 Å². The van der Waals surface area contributed by atoms with E-state index in [1.54, 1.807) is 13.3 Å². The average molecular weight is 367 g/mol. The summed E-state index contributed by atoms with van der Waals surface area (Å²) in [4.78, 5) is 9.55. The number of fused-ring (bicyclic) bond motifs is 2. The Kier molecular flexibility index (Phi) is 3.87. The smallest absolute Gasteiger partial charge is 0.162 e. The molecule has 136 valence electrons. The van der Waals surface area contributed by atoms with E-state index in [0.717, 1.165) is 44.6 Å². The van der Waals surface area contributed by atoms with Gasteiger partial charge in [0, 0.05) is 22.0 Å². The average Bonchev–Trinajstić information content (AvgIpc) is 3.22. The number of aromatic nitrogens is 4. The maximum absolute atomic E-state index is 5.39. The van der Waals surface area contributed by atoms with Gasteiger partial charge in [-0.05, 0) is 36.4 Å². The van der Waals surface area contributed by atoms with Crippen molar-refractivity contribution in [2.45, 2.75) is 0 Å². The van der Waals surface area contributed by atoms with E-state index >= 15 is 0 Å². The fourth-order valence-electron chi connectivity index (χ4n) is 3.20. The molecule has 2 N–H and O–H groups in total. The summed E-state index contributed by atoms with van der Waals surface area (Å²) in [5.41, 5.74) is 3.73. The number of nitrogens with zero attached hydrogens (tertiary/aromatic N) is 3. The van der Waals surface area contributed by atoms with Crippen LogP contribution >= 0.6 is 0 Å². The van der Waals surface area contributed by atoms with Crippen molar-refractivity contribution in [1.29, 1.82) is 0 Å². The number of H-pyrrole nitrogens is 1. The number of anilines is 2. The standard InChI is InChI=1S/C22H17N5O/c1-28-17-8-10-20-18(12-17)22(26-21(25-20)14-5-3-2-4-6-14)24-16-7-9-19-15(11-16)13-23-27-19/h2-13H,1H3,(H,23,27)(H,24,25,26). The molecule has 0 unspecified atom stereocenters. The second kappa shape index (κ2) is 6.66. The lowest BCUT2D eigenvalue weighted by atomic mass is 10.1. The zero-order valence-corrected chi connectivity index (χ0v) is 15.2. The van der Waals surface area contributed by atoms with Crippen molar-refractivity contribution in [2.24, 2.45) is 0 Å². The summed E-state index contributed by atoms with van der Waals surface area (Å²) in [7, 11) is 1.65. The van der Waals surface area contributed by atoms with E-state index in [9.17, 15) is 0 Å². The maximum atomic E-state index is 5.39. The lowest BCUT2D eigenvalue weighted by Crippen LogP contribution is -1.99. The molecule has 2 aromatic heterocycles. The number of ether oxygens (including phenoxy) is 1. The van der Waals surface area contributed by atoms with Gasteiger partial charge in [0.2, 0.25) is 0 Å². The van der Waals surface area contributed by atoms with E-state index < -0.39 is 0 Å². The third kappa shape index (κ3) is 2.91. The Morgan fingerprint density at radius 2 is 1.82 bits per heavy atom. The first-order chi connectivity index (χ1) is 13.8. The van der Waals surface area contributed by atoms with Gasteiger partial charge in [-0.2, -0.15) is 5.10 Å². The lowest BCUT2D eigenvalue weighted by molar-refractivity contribution is 0.415. The molecule has 0 aliphatic rings. The first-order valence-corrected chi connectivity index (χ1v) is 8.91. The Labute approximate surface area is 161 Å². The second-order valence-electron chi connectivity index (χ2n) is 6.44. The Bertz CT molecular complexity index is 1280. The molecule has 0 aliphatic heterocycles. The van der Waals surface area contributed by atoms with Gasteiger partial charge < -0.3 is 10.1 Å². The largest absolute Gasteiger partial charge is 0.497 e. The van der Waals surface area contributed by atoms with Gasteiger partial charge in [0.1, 0.15) is 11.6 Å². The summed E-state index contributed by atoms with van der Waals surface area (Å²) in [6, 6.07) is 21.8. The van der Waals surface area contributed by atoms with Gasteiger partial charge in [-0.25, -0.2) is 9.97 Å². The first kappa shape index (κ1) is 16.3. The van der Waals surface area contributed by atoms with Crippen molar-refractivity contribution >= 4 is 33.3 Å². The zero-order chi connectivity index (χ0) is 18.9. The van der Waals surface area contributed by atoms with E-state index in [1.165, 1.54) is 0 Å². The summed E-state index contributed by atoms with van der Waals surface area (Å²) in [6.07, 6.45) is 1.80. The highest BCUT2D eigenvalue weighted by Gasteiger charge is 2.11. The van der Waals surface area contributed by atoms with Crippen LogP contribution in [-0.4, -0.2) is 27.3 Å². The molecule has 0 spiro atoms. The van der Waals surface area contributed by atoms with Crippen LogP contribution in [0, 0.1) is 0 Å². The topological polar surface area (TPSA) is 75.7 Å². The van der Waals surface area contributed by atoms with Crippen LogP contribution in [0.4, 0.5) is 11.5 Å². The van der Waals surface area contributed by atoms with Gasteiger partial charge in [-0.3, -0.25) is 5.10 Å². The van der Waals surface area contributed by atoms with Gasteiger partial charge >= 0.3 is 0 Å². The maximum Gasteiger partial charge on any atom is 0.162 e. The highest BCUT2D eigenvalue weighted by molar-refractivity contribution is 5.94. The van der Waals surface area contributed by atoms with Crippen LogP contribution in [0.1, 0.15) is 0 Å². The lowest BCUT2D eigenvalue weighted by Gasteiger charge is -2.12. The molecular formula is C22H17N5O. The van der Waals surface area contributed by atoms with Crippen molar-refractivity contribution in [1.82, 2.24) is 20.2 Å². The number of hydrogen-bond acceptors (Lipinski definition) is 5. The van der Waals surface area contributed by atoms with Gasteiger partial charge in [0.25, 0.3) is 0 Å². The predicted octanol–water partition coefficient (Wildman–Crippen LogP) is 4.93.